The molecule has 2 fully saturated rings. The van der Waals surface area contributed by atoms with Crippen LogP contribution in [0.5, 0.6) is 5.75 Å². The smallest absolute Gasteiger partial charge is 0.489 e. The first kappa shape index (κ1) is 15.6. The van der Waals surface area contributed by atoms with Gasteiger partial charge in [-0.2, -0.15) is 0 Å². The molecule has 0 atom stereocenters. The molecule has 1 aliphatic carbocycles. The molecule has 5 nitrogen and oxygen atoms in total. The number of hydrogen-bond acceptors (Lipinski definition) is 5. The molecule has 0 unspecified atom stereocenters. The minimum Gasteiger partial charge on any atom is -0.489 e. The Labute approximate surface area is 133 Å². The second kappa shape index (κ2) is 5.13. The zero-order valence-corrected chi connectivity index (χ0v) is 14.3. The largest absolute Gasteiger partial charge is 0.518 e. The van der Waals surface area contributed by atoms with E-state index in [1.54, 1.807) is 0 Å². The van der Waals surface area contributed by atoms with Crippen molar-refractivity contribution in [2.45, 2.75) is 57.8 Å². The van der Waals surface area contributed by atoms with Crippen LogP contribution in [0.25, 0.3) is 0 Å². The number of aromatic nitrogens is 1. The van der Waals surface area contributed by atoms with Crippen LogP contribution in [0.4, 0.5) is 5.69 Å². The van der Waals surface area contributed by atoms with E-state index in [1.165, 1.54) is 0 Å². The fraction of sp³-hybridized carbons (Fsp3) is 0.688. The van der Waals surface area contributed by atoms with E-state index < -0.39 is 7.12 Å². The maximum absolute atomic E-state index is 6.11. The number of hydrogen-bond donors (Lipinski definition) is 0. The third-order valence-corrected chi connectivity index (χ3v) is 4.68. The van der Waals surface area contributed by atoms with Gasteiger partial charge in [0.15, 0.2) is 0 Å². The van der Waals surface area contributed by atoms with Gasteiger partial charge in [-0.1, -0.05) is 0 Å². The van der Waals surface area contributed by atoms with Gasteiger partial charge >= 0.3 is 7.12 Å². The predicted molar refractivity (Wildman–Crippen MR) is 87.9 cm³/mol. The summed E-state index contributed by atoms with van der Waals surface area (Å²) in [5.74, 6) is 0.771. The van der Waals surface area contributed by atoms with Crippen LogP contribution in [-0.4, -0.2) is 43.5 Å². The maximum Gasteiger partial charge on any atom is 0.518 e. The number of anilines is 1. The molecule has 0 bridgehead atoms. The Kier molecular flexibility index (Phi) is 3.65. The lowest BCUT2D eigenvalue weighted by Crippen LogP contribution is -2.41. The molecule has 6 heteroatoms. The van der Waals surface area contributed by atoms with Crippen LogP contribution in [0.1, 0.15) is 40.5 Å². The molecule has 0 amide bonds. The van der Waals surface area contributed by atoms with E-state index in [2.05, 4.69) is 4.98 Å². The first-order chi connectivity index (χ1) is 10.2. The van der Waals surface area contributed by atoms with E-state index >= 15 is 0 Å². The van der Waals surface area contributed by atoms with Crippen molar-refractivity contribution in [1.82, 2.24) is 4.98 Å². The van der Waals surface area contributed by atoms with E-state index in [0.29, 0.717) is 6.10 Å². The molecule has 0 spiro atoms. The Hall–Kier alpha value is -1.27. The van der Waals surface area contributed by atoms with Crippen LogP contribution in [0.15, 0.2) is 12.3 Å². The summed E-state index contributed by atoms with van der Waals surface area (Å²) in [6.45, 7) is 8.18. The molecular weight excluding hydrogens is 279 g/mol. The predicted octanol–water partition coefficient (Wildman–Crippen LogP) is 1.99. The number of nitrogens with zero attached hydrogens (tertiary/aromatic N) is 2. The van der Waals surface area contributed by atoms with Gasteiger partial charge in [-0.25, -0.2) is 0 Å². The summed E-state index contributed by atoms with van der Waals surface area (Å²) < 4.78 is 18.3. The minimum absolute atomic E-state index is 0.306. The average molecular weight is 304 g/mol. The lowest BCUT2D eigenvalue weighted by molar-refractivity contribution is 0.00578. The van der Waals surface area contributed by atoms with Crippen molar-refractivity contribution in [3.63, 3.8) is 0 Å². The highest BCUT2D eigenvalue weighted by atomic mass is 16.7. The fourth-order valence-electron chi connectivity index (χ4n) is 2.28. The Morgan fingerprint density at radius 2 is 1.77 bits per heavy atom. The SMILES string of the molecule is CN(C)c1cnc(B2OC(C)(C)C(C)(C)O2)c(OC2CC2)c1. The molecule has 2 aliphatic rings. The summed E-state index contributed by atoms with van der Waals surface area (Å²) >= 11 is 0. The van der Waals surface area contributed by atoms with Crippen molar-refractivity contribution in [2.75, 3.05) is 19.0 Å². The monoisotopic (exact) mass is 304 g/mol. The van der Waals surface area contributed by atoms with Gasteiger partial charge in [-0.15, -0.1) is 0 Å². The van der Waals surface area contributed by atoms with E-state index in [1.807, 2.05) is 59.0 Å². The van der Waals surface area contributed by atoms with Gasteiger partial charge in [0, 0.05) is 26.4 Å². The summed E-state index contributed by atoms with van der Waals surface area (Å²) in [5, 5.41) is 0. The Bertz CT molecular complexity index is 555. The topological polar surface area (TPSA) is 43.8 Å². The quantitative estimate of drug-likeness (QED) is 0.796. The van der Waals surface area contributed by atoms with Crippen molar-refractivity contribution in [2.24, 2.45) is 0 Å². The summed E-state index contributed by atoms with van der Waals surface area (Å²) in [5.41, 5.74) is 0.986. The zero-order chi connectivity index (χ0) is 16.1. The molecule has 1 aromatic rings. The zero-order valence-electron chi connectivity index (χ0n) is 14.3. The summed E-state index contributed by atoms with van der Waals surface area (Å²) in [7, 11) is 3.49. The van der Waals surface area contributed by atoms with Gasteiger partial charge in [-0.3, -0.25) is 4.98 Å². The van der Waals surface area contributed by atoms with Crippen LogP contribution in [-0.2, 0) is 9.31 Å². The Morgan fingerprint density at radius 3 is 2.27 bits per heavy atom. The van der Waals surface area contributed by atoms with Crippen molar-refractivity contribution in [1.29, 1.82) is 0 Å². The Morgan fingerprint density at radius 1 is 1.18 bits per heavy atom. The van der Waals surface area contributed by atoms with Crippen molar-refractivity contribution in [3.8, 4) is 5.75 Å². The summed E-state index contributed by atoms with van der Waals surface area (Å²) in [6.07, 6.45) is 4.35. The second-order valence-electron chi connectivity index (χ2n) is 7.38. The highest BCUT2D eigenvalue weighted by Gasteiger charge is 2.53. The average Bonchev–Trinajstić information content (AvgIpc) is 3.17. The molecule has 0 radical (unpaired) electrons. The lowest BCUT2D eigenvalue weighted by atomic mass is 9.83. The molecule has 22 heavy (non-hydrogen) atoms. The standard InChI is InChI=1S/C16H25BN2O3/c1-15(2)16(3,4)22-17(21-15)14-13(20-12-7-8-12)9-11(10-18-14)19(5)6/h9-10,12H,7-8H2,1-6H3. The van der Waals surface area contributed by atoms with Gasteiger partial charge in [-0.05, 0) is 40.5 Å². The van der Waals surface area contributed by atoms with Gasteiger partial charge in [0.2, 0.25) is 0 Å². The molecule has 120 valence electrons. The van der Waals surface area contributed by atoms with E-state index in [0.717, 1.165) is 29.9 Å². The van der Waals surface area contributed by atoms with Gasteiger partial charge < -0.3 is 18.9 Å². The van der Waals surface area contributed by atoms with Gasteiger partial charge in [0.1, 0.15) is 11.3 Å². The van der Waals surface area contributed by atoms with E-state index in [9.17, 15) is 0 Å². The second-order valence-corrected chi connectivity index (χ2v) is 7.38. The lowest BCUT2D eigenvalue weighted by Gasteiger charge is -2.32. The molecule has 0 N–H and O–H groups in total. The number of pyridine rings is 1. The molecular formula is C16H25BN2O3. The van der Waals surface area contributed by atoms with Crippen LogP contribution >= 0.6 is 0 Å². The van der Waals surface area contributed by atoms with E-state index in [4.69, 9.17) is 14.0 Å². The van der Waals surface area contributed by atoms with Crippen LogP contribution < -0.4 is 15.2 Å². The van der Waals surface area contributed by atoms with Gasteiger partial charge in [0.05, 0.1) is 23.0 Å². The maximum atomic E-state index is 6.11. The summed E-state index contributed by atoms with van der Waals surface area (Å²) in [6, 6.07) is 2.02. The molecule has 1 saturated carbocycles. The van der Waals surface area contributed by atoms with Crippen LogP contribution in [0, 0.1) is 0 Å². The first-order valence-corrected chi connectivity index (χ1v) is 7.89. The molecule has 1 saturated heterocycles. The Balaban J connectivity index is 1.92. The highest BCUT2D eigenvalue weighted by Crippen LogP contribution is 2.37. The van der Waals surface area contributed by atoms with Crippen molar-refractivity contribution < 1.29 is 14.0 Å². The van der Waals surface area contributed by atoms with Crippen molar-refractivity contribution >= 4 is 18.4 Å². The molecule has 0 aromatic carbocycles. The third kappa shape index (κ3) is 2.82. The van der Waals surface area contributed by atoms with Crippen LogP contribution in [0.2, 0.25) is 0 Å². The molecule has 2 heterocycles. The third-order valence-electron chi connectivity index (χ3n) is 4.68. The molecule has 1 aromatic heterocycles. The highest BCUT2D eigenvalue weighted by molar-refractivity contribution is 6.62. The number of rotatable bonds is 4. The van der Waals surface area contributed by atoms with Gasteiger partial charge in [0.25, 0.3) is 0 Å². The van der Waals surface area contributed by atoms with Crippen molar-refractivity contribution in [3.05, 3.63) is 12.3 Å². The minimum atomic E-state index is -0.491. The van der Waals surface area contributed by atoms with Crippen LogP contribution in [0.3, 0.4) is 0 Å². The summed E-state index contributed by atoms with van der Waals surface area (Å²) in [4.78, 5) is 6.59. The van der Waals surface area contributed by atoms with E-state index in [-0.39, 0.29) is 11.2 Å². The molecule has 3 rings (SSSR count). The normalized spacial score (nSPS) is 22.7. The first-order valence-electron chi connectivity index (χ1n) is 7.89. The number of ether oxygens (including phenoxy) is 1. The fourth-order valence-corrected chi connectivity index (χ4v) is 2.28. The molecule has 1 aliphatic heterocycles.